The first kappa shape index (κ1) is 12.8. The number of carbonyl (C=O) groups excluding carboxylic acids is 1. The van der Waals surface area contributed by atoms with Crippen LogP contribution >= 0.6 is 0 Å². The molecule has 0 aromatic heterocycles. The highest BCUT2D eigenvalue weighted by Gasteiger charge is 2.25. The standard InChI is InChI=1S/C14H20O2/c1-9(2)12-7-6-11(5)13(8-12)16-14(15)10(3)4/h6,12-13H,1,3,7-8H2,2,4-5H3/t12-,13+/m1/s1. The summed E-state index contributed by atoms with van der Waals surface area (Å²) in [7, 11) is 0. The number of hydrogen-bond acceptors (Lipinski definition) is 2. The van der Waals surface area contributed by atoms with E-state index in [1.807, 2.05) is 13.8 Å². The summed E-state index contributed by atoms with van der Waals surface area (Å²) in [4.78, 5) is 11.5. The van der Waals surface area contributed by atoms with Gasteiger partial charge in [-0.1, -0.05) is 24.8 Å². The Bertz CT molecular complexity index is 350. The molecule has 0 aromatic rings. The minimum atomic E-state index is -0.305. The van der Waals surface area contributed by atoms with Crippen molar-refractivity contribution in [2.24, 2.45) is 5.92 Å². The van der Waals surface area contributed by atoms with Crippen molar-refractivity contribution in [2.45, 2.75) is 39.7 Å². The van der Waals surface area contributed by atoms with E-state index in [1.54, 1.807) is 6.92 Å². The van der Waals surface area contributed by atoms with Gasteiger partial charge in [-0.3, -0.25) is 0 Å². The molecule has 0 radical (unpaired) electrons. The lowest BCUT2D eigenvalue weighted by Gasteiger charge is -2.28. The van der Waals surface area contributed by atoms with Gasteiger partial charge in [-0.2, -0.15) is 0 Å². The van der Waals surface area contributed by atoms with Crippen molar-refractivity contribution in [3.05, 3.63) is 36.0 Å². The molecule has 0 saturated heterocycles. The predicted octanol–water partition coefficient (Wildman–Crippen LogP) is 3.41. The minimum Gasteiger partial charge on any atom is -0.454 e. The van der Waals surface area contributed by atoms with Gasteiger partial charge in [0.15, 0.2) is 0 Å². The Balaban J connectivity index is 2.69. The molecule has 0 unspecified atom stereocenters. The fourth-order valence-electron chi connectivity index (χ4n) is 1.77. The maximum Gasteiger partial charge on any atom is 0.333 e. The monoisotopic (exact) mass is 220 g/mol. The molecule has 2 heteroatoms. The molecule has 1 aliphatic rings. The highest BCUT2D eigenvalue weighted by atomic mass is 16.5. The van der Waals surface area contributed by atoms with Gasteiger partial charge >= 0.3 is 5.97 Å². The summed E-state index contributed by atoms with van der Waals surface area (Å²) in [6.45, 7) is 13.3. The van der Waals surface area contributed by atoms with E-state index in [-0.39, 0.29) is 12.1 Å². The molecule has 16 heavy (non-hydrogen) atoms. The molecule has 0 bridgehead atoms. The second kappa shape index (κ2) is 5.15. The van der Waals surface area contributed by atoms with E-state index in [2.05, 4.69) is 19.2 Å². The van der Waals surface area contributed by atoms with Crippen LogP contribution < -0.4 is 0 Å². The van der Waals surface area contributed by atoms with E-state index in [1.165, 1.54) is 0 Å². The zero-order valence-corrected chi connectivity index (χ0v) is 10.4. The first-order valence-corrected chi connectivity index (χ1v) is 5.60. The molecule has 0 spiro atoms. The topological polar surface area (TPSA) is 26.3 Å². The molecular weight excluding hydrogens is 200 g/mol. The molecule has 0 saturated carbocycles. The fourth-order valence-corrected chi connectivity index (χ4v) is 1.77. The third-order valence-corrected chi connectivity index (χ3v) is 3.03. The molecule has 0 fully saturated rings. The Morgan fingerprint density at radius 3 is 2.56 bits per heavy atom. The lowest BCUT2D eigenvalue weighted by atomic mass is 9.84. The Labute approximate surface area is 97.7 Å². The Morgan fingerprint density at radius 1 is 1.44 bits per heavy atom. The SMILES string of the molecule is C=C(C)C(=O)O[C@H]1C[C@H](C(=C)C)CC=C1C. The number of carbonyl (C=O) groups is 1. The summed E-state index contributed by atoms with van der Waals surface area (Å²) in [6, 6.07) is 0. The number of rotatable bonds is 3. The van der Waals surface area contributed by atoms with Crippen molar-refractivity contribution in [2.75, 3.05) is 0 Å². The average Bonchev–Trinajstić information content (AvgIpc) is 2.20. The van der Waals surface area contributed by atoms with E-state index in [0.29, 0.717) is 11.5 Å². The van der Waals surface area contributed by atoms with Crippen LogP contribution in [0.4, 0.5) is 0 Å². The predicted molar refractivity (Wildman–Crippen MR) is 66.0 cm³/mol. The zero-order chi connectivity index (χ0) is 12.3. The van der Waals surface area contributed by atoms with Crippen LogP contribution in [0.5, 0.6) is 0 Å². The molecule has 1 rings (SSSR count). The molecule has 0 aromatic carbocycles. The average molecular weight is 220 g/mol. The summed E-state index contributed by atoms with van der Waals surface area (Å²) in [5.74, 6) is 0.117. The molecule has 0 amide bonds. The normalized spacial score (nSPS) is 24.6. The van der Waals surface area contributed by atoms with Gasteiger partial charge in [-0.05, 0) is 45.1 Å². The molecule has 2 atom stereocenters. The van der Waals surface area contributed by atoms with Crippen LogP contribution in [0.15, 0.2) is 36.0 Å². The van der Waals surface area contributed by atoms with Crippen molar-refractivity contribution < 1.29 is 9.53 Å². The van der Waals surface area contributed by atoms with Gasteiger partial charge in [0.25, 0.3) is 0 Å². The van der Waals surface area contributed by atoms with Crippen LogP contribution in [-0.2, 0) is 9.53 Å². The summed E-state index contributed by atoms with van der Waals surface area (Å²) in [5, 5.41) is 0. The minimum absolute atomic E-state index is 0.111. The maximum atomic E-state index is 11.5. The van der Waals surface area contributed by atoms with Gasteiger partial charge in [0.2, 0.25) is 0 Å². The summed E-state index contributed by atoms with van der Waals surface area (Å²) < 4.78 is 5.40. The highest BCUT2D eigenvalue weighted by molar-refractivity contribution is 5.87. The number of ether oxygens (including phenoxy) is 1. The number of allylic oxidation sites excluding steroid dienone is 2. The van der Waals surface area contributed by atoms with Crippen molar-refractivity contribution in [3.8, 4) is 0 Å². The summed E-state index contributed by atoms with van der Waals surface area (Å²) >= 11 is 0. The first-order valence-electron chi connectivity index (χ1n) is 5.60. The quantitative estimate of drug-likeness (QED) is 0.414. The number of esters is 1. The van der Waals surface area contributed by atoms with Gasteiger partial charge in [0.05, 0.1) is 0 Å². The van der Waals surface area contributed by atoms with E-state index >= 15 is 0 Å². The van der Waals surface area contributed by atoms with Crippen LogP contribution in [0.3, 0.4) is 0 Å². The van der Waals surface area contributed by atoms with E-state index in [9.17, 15) is 4.79 Å². The molecule has 2 nitrogen and oxygen atoms in total. The molecule has 0 aliphatic heterocycles. The maximum absolute atomic E-state index is 11.5. The van der Waals surface area contributed by atoms with Crippen molar-refractivity contribution >= 4 is 5.97 Å². The van der Waals surface area contributed by atoms with Crippen molar-refractivity contribution in [1.29, 1.82) is 0 Å². The zero-order valence-electron chi connectivity index (χ0n) is 10.4. The van der Waals surface area contributed by atoms with Crippen LogP contribution in [0, 0.1) is 5.92 Å². The molecule has 88 valence electrons. The second-order valence-electron chi connectivity index (χ2n) is 4.64. The smallest absolute Gasteiger partial charge is 0.333 e. The molecule has 1 aliphatic carbocycles. The van der Waals surface area contributed by atoms with E-state index in [4.69, 9.17) is 4.74 Å². The van der Waals surface area contributed by atoms with Crippen LogP contribution in [0.1, 0.15) is 33.6 Å². The molecular formula is C14H20O2. The fraction of sp³-hybridized carbons (Fsp3) is 0.500. The van der Waals surface area contributed by atoms with Crippen molar-refractivity contribution in [3.63, 3.8) is 0 Å². The van der Waals surface area contributed by atoms with Gasteiger partial charge in [-0.15, -0.1) is 0 Å². The Kier molecular flexibility index (Phi) is 4.11. The third kappa shape index (κ3) is 3.09. The third-order valence-electron chi connectivity index (χ3n) is 3.03. The van der Waals surface area contributed by atoms with Crippen LogP contribution in [-0.4, -0.2) is 12.1 Å². The largest absolute Gasteiger partial charge is 0.454 e. The van der Waals surface area contributed by atoms with Crippen LogP contribution in [0.2, 0.25) is 0 Å². The van der Waals surface area contributed by atoms with E-state index < -0.39 is 0 Å². The Morgan fingerprint density at radius 2 is 2.06 bits per heavy atom. The van der Waals surface area contributed by atoms with Crippen molar-refractivity contribution in [1.82, 2.24) is 0 Å². The van der Waals surface area contributed by atoms with E-state index in [0.717, 1.165) is 24.0 Å². The lowest BCUT2D eigenvalue weighted by molar-refractivity contribution is -0.143. The summed E-state index contributed by atoms with van der Waals surface area (Å²) in [6.07, 6.45) is 3.87. The molecule has 0 N–H and O–H groups in total. The van der Waals surface area contributed by atoms with Crippen LogP contribution in [0.25, 0.3) is 0 Å². The molecule has 0 heterocycles. The first-order chi connectivity index (χ1) is 7.41. The highest BCUT2D eigenvalue weighted by Crippen LogP contribution is 2.30. The number of hydrogen-bond donors (Lipinski definition) is 0. The summed E-state index contributed by atoms with van der Waals surface area (Å²) in [5.41, 5.74) is 2.73. The van der Waals surface area contributed by atoms with Gasteiger partial charge in [0, 0.05) is 5.57 Å². The second-order valence-corrected chi connectivity index (χ2v) is 4.64. The van der Waals surface area contributed by atoms with Gasteiger partial charge < -0.3 is 4.74 Å². The lowest BCUT2D eigenvalue weighted by Crippen LogP contribution is -2.26. The Hall–Kier alpha value is -1.31. The van der Waals surface area contributed by atoms with Gasteiger partial charge in [0.1, 0.15) is 6.10 Å². The van der Waals surface area contributed by atoms with Gasteiger partial charge in [-0.25, -0.2) is 4.79 Å².